The molecule has 0 spiro atoms. The summed E-state index contributed by atoms with van der Waals surface area (Å²) in [5.74, 6) is -0.775. The van der Waals surface area contributed by atoms with Crippen molar-refractivity contribution in [2.75, 3.05) is 13.7 Å². The number of hydrogen-bond acceptors (Lipinski definition) is 2. The van der Waals surface area contributed by atoms with Crippen LogP contribution in [0.4, 0.5) is 8.78 Å². The van der Waals surface area contributed by atoms with Crippen molar-refractivity contribution in [2.24, 2.45) is 0 Å². The summed E-state index contributed by atoms with van der Waals surface area (Å²) in [5.41, 5.74) is 2.26. The molecule has 0 fully saturated rings. The standard InChI is InChI=1S/C23H21F2NO2/c1-26(16-18-11-12-19(24)15-21(18)25)23(27)13-14-28-22-10-6-5-9-20(22)17-7-3-2-4-8-17/h2-12,15H,13-14,16H2,1H3. The molecule has 0 saturated carbocycles. The molecule has 0 N–H and O–H groups in total. The highest BCUT2D eigenvalue weighted by molar-refractivity contribution is 5.76. The van der Waals surface area contributed by atoms with Gasteiger partial charge in [0, 0.05) is 30.8 Å². The topological polar surface area (TPSA) is 29.5 Å². The zero-order valence-corrected chi connectivity index (χ0v) is 15.6. The summed E-state index contributed by atoms with van der Waals surface area (Å²) < 4.78 is 32.6. The summed E-state index contributed by atoms with van der Waals surface area (Å²) in [6, 6.07) is 20.9. The molecule has 144 valence electrons. The molecule has 3 rings (SSSR count). The molecule has 0 atom stereocenters. The highest BCUT2D eigenvalue weighted by Crippen LogP contribution is 2.29. The van der Waals surface area contributed by atoms with Gasteiger partial charge in [0.25, 0.3) is 0 Å². The SMILES string of the molecule is CN(Cc1ccc(F)cc1F)C(=O)CCOc1ccccc1-c1ccccc1. The Hall–Kier alpha value is -3.21. The number of carbonyl (C=O) groups is 1. The third kappa shape index (κ3) is 4.94. The zero-order valence-electron chi connectivity index (χ0n) is 15.6. The van der Waals surface area contributed by atoms with E-state index < -0.39 is 11.6 Å². The normalized spacial score (nSPS) is 10.5. The summed E-state index contributed by atoms with van der Waals surface area (Å²) in [6.07, 6.45) is 0.155. The molecule has 1 amide bonds. The Morgan fingerprint density at radius 1 is 0.964 bits per heavy atom. The van der Waals surface area contributed by atoms with Crippen LogP contribution in [0.25, 0.3) is 11.1 Å². The van der Waals surface area contributed by atoms with Gasteiger partial charge in [-0.3, -0.25) is 4.79 Å². The molecule has 5 heteroatoms. The summed E-state index contributed by atoms with van der Waals surface area (Å²) >= 11 is 0. The molecule has 0 aromatic heterocycles. The molecule has 3 nitrogen and oxygen atoms in total. The van der Waals surface area contributed by atoms with E-state index in [0.717, 1.165) is 17.2 Å². The van der Waals surface area contributed by atoms with Crippen molar-refractivity contribution < 1.29 is 18.3 Å². The van der Waals surface area contributed by atoms with Gasteiger partial charge in [0.15, 0.2) is 0 Å². The van der Waals surface area contributed by atoms with Gasteiger partial charge < -0.3 is 9.64 Å². The van der Waals surface area contributed by atoms with Crippen molar-refractivity contribution in [1.82, 2.24) is 4.90 Å². The van der Waals surface area contributed by atoms with Gasteiger partial charge >= 0.3 is 0 Å². The molecule has 0 aliphatic carbocycles. The molecule has 3 aromatic carbocycles. The van der Waals surface area contributed by atoms with E-state index in [-0.39, 0.29) is 31.0 Å². The molecule has 0 aliphatic rings. The minimum absolute atomic E-state index is 0.0749. The fourth-order valence-corrected chi connectivity index (χ4v) is 2.88. The molecule has 28 heavy (non-hydrogen) atoms. The second kappa shape index (κ2) is 9.13. The average molecular weight is 381 g/mol. The van der Waals surface area contributed by atoms with Crippen LogP contribution in [-0.2, 0) is 11.3 Å². The van der Waals surface area contributed by atoms with Crippen LogP contribution >= 0.6 is 0 Å². The predicted octanol–water partition coefficient (Wildman–Crippen LogP) is 5.06. The van der Waals surface area contributed by atoms with Crippen LogP contribution in [0, 0.1) is 11.6 Å². The van der Waals surface area contributed by atoms with Gasteiger partial charge in [-0.1, -0.05) is 54.6 Å². The van der Waals surface area contributed by atoms with E-state index in [2.05, 4.69) is 0 Å². The van der Waals surface area contributed by atoms with E-state index in [0.29, 0.717) is 5.75 Å². The molecule has 0 aliphatic heterocycles. The van der Waals surface area contributed by atoms with Gasteiger partial charge in [-0.2, -0.15) is 0 Å². The van der Waals surface area contributed by atoms with Crippen LogP contribution < -0.4 is 4.74 Å². The molecular weight excluding hydrogens is 360 g/mol. The molecular formula is C23H21F2NO2. The van der Waals surface area contributed by atoms with Gasteiger partial charge in [0.2, 0.25) is 5.91 Å². The lowest BCUT2D eigenvalue weighted by molar-refractivity contribution is -0.130. The summed E-state index contributed by atoms with van der Waals surface area (Å²) in [5, 5.41) is 0. The second-order valence-corrected chi connectivity index (χ2v) is 6.45. The van der Waals surface area contributed by atoms with Gasteiger partial charge in [-0.15, -0.1) is 0 Å². The first kappa shape index (κ1) is 19.5. The van der Waals surface area contributed by atoms with E-state index in [1.165, 1.54) is 17.0 Å². The maximum atomic E-state index is 13.8. The Kier molecular flexibility index (Phi) is 6.37. The first-order valence-corrected chi connectivity index (χ1v) is 9.00. The number of amides is 1. The van der Waals surface area contributed by atoms with Crippen LogP contribution in [0.1, 0.15) is 12.0 Å². The number of rotatable bonds is 7. The number of carbonyl (C=O) groups excluding carboxylic acids is 1. The smallest absolute Gasteiger partial charge is 0.226 e. The van der Waals surface area contributed by atoms with Crippen LogP contribution in [0.15, 0.2) is 72.8 Å². The van der Waals surface area contributed by atoms with Crippen LogP contribution in [0.5, 0.6) is 5.75 Å². The minimum atomic E-state index is -0.660. The minimum Gasteiger partial charge on any atom is -0.492 e. The third-order valence-electron chi connectivity index (χ3n) is 4.39. The summed E-state index contributed by atoms with van der Waals surface area (Å²) in [6.45, 7) is 0.282. The van der Waals surface area contributed by atoms with Crippen molar-refractivity contribution in [2.45, 2.75) is 13.0 Å². The van der Waals surface area contributed by atoms with E-state index in [1.54, 1.807) is 7.05 Å². The number of ether oxygens (including phenoxy) is 1. The Bertz CT molecular complexity index is 944. The van der Waals surface area contributed by atoms with Crippen LogP contribution in [0.2, 0.25) is 0 Å². The second-order valence-electron chi connectivity index (χ2n) is 6.45. The number of benzene rings is 3. The Morgan fingerprint density at radius 2 is 1.68 bits per heavy atom. The largest absolute Gasteiger partial charge is 0.492 e. The third-order valence-corrected chi connectivity index (χ3v) is 4.39. The Morgan fingerprint density at radius 3 is 2.43 bits per heavy atom. The van der Waals surface area contributed by atoms with E-state index >= 15 is 0 Å². The van der Waals surface area contributed by atoms with Crippen molar-refractivity contribution in [3.63, 3.8) is 0 Å². The van der Waals surface area contributed by atoms with E-state index in [4.69, 9.17) is 4.74 Å². The quantitative estimate of drug-likeness (QED) is 0.573. The number of para-hydroxylation sites is 1. The van der Waals surface area contributed by atoms with Gasteiger partial charge in [0.1, 0.15) is 17.4 Å². The lowest BCUT2D eigenvalue weighted by Gasteiger charge is -2.18. The van der Waals surface area contributed by atoms with Gasteiger partial charge in [-0.05, 0) is 17.7 Å². The van der Waals surface area contributed by atoms with Gasteiger partial charge in [-0.25, -0.2) is 8.78 Å². The molecule has 0 bridgehead atoms. The maximum Gasteiger partial charge on any atom is 0.226 e. The fraction of sp³-hybridized carbons (Fsp3) is 0.174. The lowest BCUT2D eigenvalue weighted by Crippen LogP contribution is -2.28. The first-order chi connectivity index (χ1) is 13.5. The van der Waals surface area contributed by atoms with Gasteiger partial charge in [0.05, 0.1) is 13.0 Å². The lowest BCUT2D eigenvalue weighted by atomic mass is 10.1. The Labute approximate surface area is 163 Å². The van der Waals surface area contributed by atoms with Crippen molar-refractivity contribution in [3.8, 4) is 16.9 Å². The Balaban J connectivity index is 1.57. The monoisotopic (exact) mass is 381 g/mol. The number of hydrogen-bond donors (Lipinski definition) is 0. The van der Waals surface area contributed by atoms with Crippen LogP contribution in [-0.4, -0.2) is 24.5 Å². The summed E-state index contributed by atoms with van der Waals surface area (Å²) in [4.78, 5) is 13.7. The van der Waals surface area contributed by atoms with Crippen molar-refractivity contribution >= 4 is 5.91 Å². The molecule has 3 aromatic rings. The molecule has 0 unspecified atom stereocenters. The highest BCUT2D eigenvalue weighted by atomic mass is 19.1. The van der Waals surface area contributed by atoms with Crippen LogP contribution in [0.3, 0.4) is 0 Å². The predicted molar refractivity (Wildman–Crippen MR) is 105 cm³/mol. The first-order valence-electron chi connectivity index (χ1n) is 9.00. The average Bonchev–Trinajstić information content (AvgIpc) is 2.71. The molecule has 0 radical (unpaired) electrons. The molecule has 0 saturated heterocycles. The zero-order chi connectivity index (χ0) is 19.9. The maximum absolute atomic E-state index is 13.8. The number of halogens is 2. The van der Waals surface area contributed by atoms with E-state index in [1.807, 2.05) is 54.6 Å². The number of nitrogens with zero attached hydrogens (tertiary/aromatic N) is 1. The van der Waals surface area contributed by atoms with Crippen molar-refractivity contribution in [1.29, 1.82) is 0 Å². The summed E-state index contributed by atoms with van der Waals surface area (Å²) in [7, 11) is 1.59. The highest BCUT2D eigenvalue weighted by Gasteiger charge is 2.13. The van der Waals surface area contributed by atoms with E-state index in [9.17, 15) is 13.6 Å². The molecule has 0 heterocycles. The fourth-order valence-electron chi connectivity index (χ4n) is 2.88. The van der Waals surface area contributed by atoms with Crippen molar-refractivity contribution in [3.05, 3.63) is 90.0 Å².